The predicted octanol–water partition coefficient (Wildman–Crippen LogP) is 2.00. The van der Waals surface area contributed by atoms with Gasteiger partial charge in [0, 0.05) is 24.2 Å². The Hall–Kier alpha value is -0.830. The van der Waals surface area contributed by atoms with E-state index in [0.29, 0.717) is 5.88 Å². The highest BCUT2D eigenvalue weighted by Gasteiger charge is 1.98. The predicted molar refractivity (Wildman–Crippen MR) is 55.4 cm³/mol. The van der Waals surface area contributed by atoms with Gasteiger partial charge in [-0.3, -0.25) is 0 Å². The molecule has 0 aromatic carbocycles. The van der Waals surface area contributed by atoms with Gasteiger partial charge in [-0.05, 0) is 13.3 Å². The van der Waals surface area contributed by atoms with Crippen LogP contribution in [0, 0.1) is 6.92 Å². The number of anilines is 1. The summed E-state index contributed by atoms with van der Waals surface area (Å²) in [6.07, 6.45) is 0.929. The Labute approximate surface area is 83.5 Å². The van der Waals surface area contributed by atoms with Crippen molar-refractivity contribution >= 4 is 17.4 Å². The zero-order valence-electron chi connectivity index (χ0n) is 7.97. The number of hydrogen-bond acceptors (Lipinski definition) is 3. The summed E-state index contributed by atoms with van der Waals surface area (Å²) in [5.74, 6) is 2.26. The van der Waals surface area contributed by atoms with Crippen molar-refractivity contribution in [3.8, 4) is 0 Å². The fourth-order valence-electron chi connectivity index (χ4n) is 1.08. The lowest BCUT2D eigenvalue weighted by Gasteiger charge is -2.05. The van der Waals surface area contributed by atoms with E-state index >= 15 is 0 Å². The number of aryl methyl sites for hydroxylation is 2. The second-order valence-corrected chi connectivity index (χ2v) is 3.14. The quantitative estimate of drug-likeness (QED) is 0.754. The minimum Gasteiger partial charge on any atom is -0.369 e. The van der Waals surface area contributed by atoms with Gasteiger partial charge in [0.1, 0.15) is 11.6 Å². The summed E-state index contributed by atoms with van der Waals surface area (Å²) in [5.41, 5.74) is 1.06. The van der Waals surface area contributed by atoms with E-state index in [1.54, 1.807) is 0 Å². The number of alkyl halides is 1. The first kappa shape index (κ1) is 10.3. The number of halogens is 1. The van der Waals surface area contributed by atoms with Crippen molar-refractivity contribution in [2.45, 2.75) is 20.3 Å². The van der Waals surface area contributed by atoms with E-state index in [-0.39, 0.29) is 0 Å². The summed E-state index contributed by atoms with van der Waals surface area (Å²) in [5, 5.41) is 3.13. The van der Waals surface area contributed by atoms with Crippen molar-refractivity contribution in [3.63, 3.8) is 0 Å². The molecular formula is C9H14ClN3. The lowest BCUT2D eigenvalue weighted by Crippen LogP contribution is -2.06. The van der Waals surface area contributed by atoms with Crippen LogP contribution in [-0.4, -0.2) is 22.4 Å². The van der Waals surface area contributed by atoms with Crippen molar-refractivity contribution in [1.82, 2.24) is 9.97 Å². The third-order valence-electron chi connectivity index (χ3n) is 1.65. The van der Waals surface area contributed by atoms with Gasteiger partial charge in [0.15, 0.2) is 0 Å². The Bertz CT molecular complexity index is 276. The highest BCUT2D eigenvalue weighted by atomic mass is 35.5. The third kappa shape index (κ3) is 3.19. The van der Waals surface area contributed by atoms with Crippen LogP contribution in [-0.2, 0) is 6.42 Å². The first-order chi connectivity index (χ1) is 6.26. The van der Waals surface area contributed by atoms with Crippen LogP contribution in [0.2, 0.25) is 0 Å². The highest BCUT2D eigenvalue weighted by molar-refractivity contribution is 6.18. The standard InChI is InChI=1S/C9H14ClN3/c1-3-8-6-9(11-5-4-10)13-7(2)12-8/h6H,3-5H2,1-2H3,(H,11,12,13). The Kier molecular flexibility index (Phi) is 3.96. The van der Waals surface area contributed by atoms with E-state index < -0.39 is 0 Å². The Morgan fingerprint density at radius 1 is 1.46 bits per heavy atom. The van der Waals surface area contributed by atoms with Crippen molar-refractivity contribution in [3.05, 3.63) is 17.6 Å². The van der Waals surface area contributed by atoms with Gasteiger partial charge < -0.3 is 5.32 Å². The Morgan fingerprint density at radius 3 is 2.85 bits per heavy atom. The maximum absolute atomic E-state index is 5.56. The molecule has 4 heteroatoms. The molecule has 0 aliphatic rings. The minimum absolute atomic E-state index is 0.588. The molecule has 0 unspecified atom stereocenters. The van der Waals surface area contributed by atoms with E-state index in [9.17, 15) is 0 Å². The van der Waals surface area contributed by atoms with Crippen LogP contribution in [0.15, 0.2) is 6.07 Å². The van der Waals surface area contributed by atoms with Crippen LogP contribution in [0.25, 0.3) is 0 Å². The second kappa shape index (κ2) is 5.02. The summed E-state index contributed by atoms with van der Waals surface area (Å²) < 4.78 is 0. The normalized spacial score (nSPS) is 10.1. The molecule has 0 aliphatic carbocycles. The summed E-state index contributed by atoms with van der Waals surface area (Å²) in [4.78, 5) is 8.51. The summed E-state index contributed by atoms with van der Waals surface area (Å²) in [6.45, 7) is 4.71. The number of aromatic nitrogens is 2. The minimum atomic E-state index is 0.588. The molecule has 1 rings (SSSR count). The van der Waals surface area contributed by atoms with Crippen molar-refractivity contribution in [2.75, 3.05) is 17.7 Å². The molecule has 0 fully saturated rings. The number of nitrogens with zero attached hydrogens (tertiary/aromatic N) is 2. The Balaban J connectivity index is 2.76. The second-order valence-electron chi connectivity index (χ2n) is 2.76. The molecule has 1 N–H and O–H groups in total. The van der Waals surface area contributed by atoms with Crippen LogP contribution < -0.4 is 5.32 Å². The molecule has 72 valence electrons. The molecule has 1 aromatic rings. The molecular weight excluding hydrogens is 186 g/mol. The molecule has 1 heterocycles. The van der Waals surface area contributed by atoms with Gasteiger partial charge in [-0.1, -0.05) is 6.92 Å². The van der Waals surface area contributed by atoms with Gasteiger partial charge in [0.05, 0.1) is 0 Å². The molecule has 13 heavy (non-hydrogen) atoms. The highest BCUT2D eigenvalue weighted by Crippen LogP contribution is 2.06. The molecule has 0 bridgehead atoms. The zero-order chi connectivity index (χ0) is 9.68. The average Bonchev–Trinajstić information content (AvgIpc) is 2.14. The van der Waals surface area contributed by atoms with Gasteiger partial charge in [-0.25, -0.2) is 9.97 Å². The average molecular weight is 200 g/mol. The number of rotatable bonds is 4. The third-order valence-corrected chi connectivity index (χ3v) is 1.84. The van der Waals surface area contributed by atoms with Crippen LogP contribution in [0.3, 0.4) is 0 Å². The molecule has 0 amide bonds. The van der Waals surface area contributed by atoms with Gasteiger partial charge in [0.25, 0.3) is 0 Å². The Morgan fingerprint density at radius 2 is 2.23 bits per heavy atom. The van der Waals surface area contributed by atoms with E-state index in [1.807, 2.05) is 13.0 Å². The van der Waals surface area contributed by atoms with Crippen LogP contribution in [0.5, 0.6) is 0 Å². The topological polar surface area (TPSA) is 37.8 Å². The van der Waals surface area contributed by atoms with Crippen LogP contribution >= 0.6 is 11.6 Å². The van der Waals surface area contributed by atoms with Crippen molar-refractivity contribution in [2.24, 2.45) is 0 Å². The number of hydrogen-bond donors (Lipinski definition) is 1. The molecule has 0 aliphatic heterocycles. The molecule has 0 atom stereocenters. The molecule has 1 aromatic heterocycles. The van der Waals surface area contributed by atoms with Gasteiger partial charge in [0.2, 0.25) is 0 Å². The molecule has 0 spiro atoms. The van der Waals surface area contributed by atoms with E-state index in [4.69, 9.17) is 11.6 Å². The van der Waals surface area contributed by atoms with E-state index in [1.165, 1.54) is 0 Å². The lowest BCUT2D eigenvalue weighted by atomic mass is 10.3. The zero-order valence-corrected chi connectivity index (χ0v) is 8.73. The van der Waals surface area contributed by atoms with Gasteiger partial charge in [-0.15, -0.1) is 11.6 Å². The SMILES string of the molecule is CCc1cc(NCCCl)nc(C)n1. The molecule has 0 saturated carbocycles. The van der Waals surface area contributed by atoms with E-state index in [2.05, 4.69) is 22.2 Å². The largest absolute Gasteiger partial charge is 0.369 e. The van der Waals surface area contributed by atoms with Gasteiger partial charge >= 0.3 is 0 Å². The first-order valence-corrected chi connectivity index (χ1v) is 4.94. The molecule has 0 radical (unpaired) electrons. The smallest absolute Gasteiger partial charge is 0.129 e. The summed E-state index contributed by atoms with van der Waals surface area (Å²) >= 11 is 5.56. The fourth-order valence-corrected chi connectivity index (χ4v) is 1.17. The van der Waals surface area contributed by atoms with Gasteiger partial charge in [-0.2, -0.15) is 0 Å². The fraction of sp³-hybridized carbons (Fsp3) is 0.556. The van der Waals surface area contributed by atoms with Crippen molar-refractivity contribution in [1.29, 1.82) is 0 Å². The summed E-state index contributed by atoms with van der Waals surface area (Å²) in [7, 11) is 0. The maximum atomic E-state index is 5.56. The van der Waals surface area contributed by atoms with Crippen LogP contribution in [0.4, 0.5) is 5.82 Å². The number of nitrogens with one attached hydrogen (secondary N) is 1. The summed E-state index contributed by atoms with van der Waals surface area (Å²) in [6, 6.07) is 1.96. The first-order valence-electron chi connectivity index (χ1n) is 4.40. The monoisotopic (exact) mass is 199 g/mol. The van der Waals surface area contributed by atoms with Crippen LogP contribution in [0.1, 0.15) is 18.4 Å². The van der Waals surface area contributed by atoms with E-state index in [0.717, 1.165) is 30.3 Å². The van der Waals surface area contributed by atoms with Crippen molar-refractivity contribution < 1.29 is 0 Å². The molecule has 3 nitrogen and oxygen atoms in total. The lowest BCUT2D eigenvalue weighted by molar-refractivity contribution is 0.945. The molecule has 0 saturated heterocycles. The maximum Gasteiger partial charge on any atom is 0.129 e.